The molecule has 34 heavy (non-hydrogen) atoms. The van der Waals surface area contributed by atoms with Crippen molar-refractivity contribution in [3.63, 3.8) is 0 Å². The maximum absolute atomic E-state index is 12.7. The van der Waals surface area contributed by atoms with E-state index in [1.165, 1.54) is 18.5 Å². The van der Waals surface area contributed by atoms with Gasteiger partial charge in [-0.25, -0.2) is 28.2 Å². The van der Waals surface area contributed by atoms with Gasteiger partial charge in [0.15, 0.2) is 0 Å². The van der Waals surface area contributed by atoms with E-state index in [-0.39, 0.29) is 23.3 Å². The molecule has 10 nitrogen and oxygen atoms in total. The zero-order chi connectivity index (χ0) is 24.3. The summed E-state index contributed by atoms with van der Waals surface area (Å²) >= 11 is 0. The second-order valence-corrected chi connectivity index (χ2v) is 9.66. The predicted molar refractivity (Wildman–Crippen MR) is 128 cm³/mol. The van der Waals surface area contributed by atoms with E-state index in [1.54, 1.807) is 17.1 Å². The fraction of sp³-hybridized carbons (Fsp3) is 0.304. The van der Waals surface area contributed by atoms with E-state index < -0.39 is 10.0 Å². The van der Waals surface area contributed by atoms with Crippen LogP contribution >= 0.6 is 0 Å². The number of nitrogens with one attached hydrogen (secondary N) is 1. The van der Waals surface area contributed by atoms with E-state index in [0.717, 1.165) is 35.6 Å². The van der Waals surface area contributed by atoms with E-state index >= 15 is 0 Å². The van der Waals surface area contributed by atoms with Crippen molar-refractivity contribution < 1.29 is 13.2 Å². The summed E-state index contributed by atoms with van der Waals surface area (Å²) in [4.78, 5) is 21.2. The topological polar surface area (TPSA) is 138 Å². The Bertz CT molecular complexity index is 1390. The van der Waals surface area contributed by atoms with Crippen LogP contribution < -0.4 is 10.5 Å². The first-order chi connectivity index (χ1) is 16.3. The predicted octanol–water partition coefficient (Wildman–Crippen LogP) is 2.48. The van der Waals surface area contributed by atoms with Crippen LogP contribution in [0.5, 0.6) is 0 Å². The van der Waals surface area contributed by atoms with E-state index in [2.05, 4.69) is 27.3 Å². The Balaban J connectivity index is 1.43. The van der Waals surface area contributed by atoms with Crippen LogP contribution in [-0.4, -0.2) is 38.6 Å². The number of imidazole rings is 1. The standard InChI is InChI=1S/C23H27N7O3S/c1-3-12-29-21-9-8-19(34(24,32)33)13-20(21)28-22(29)10-11-23(31)27-16(2)17-4-6-18(7-5-17)30-15-25-14-26-30/h4-9,13-16H,3,10-12H2,1-2H3,(H,27,31)(H2,24,32,33)/t16-/m1/s1. The Morgan fingerprint density at radius 2 is 1.94 bits per heavy atom. The van der Waals surface area contributed by atoms with Crippen molar-refractivity contribution in [2.75, 3.05) is 0 Å². The smallest absolute Gasteiger partial charge is 0.238 e. The molecule has 0 unspecified atom stereocenters. The first-order valence-electron chi connectivity index (χ1n) is 11.0. The number of nitrogens with zero attached hydrogens (tertiary/aromatic N) is 5. The lowest BCUT2D eigenvalue weighted by molar-refractivity contribution is -0.121. The molecule has 0 radical (unpaired) electrons. The summed E-state index contributed by atoms with van der Waals surface area (Å²) in [5.74, 6) is 0.650. The Hall–Kier alpha value is -3.57. The molecule has 0 saturated carbocycles. The summed E-state index contributed by atoms with van der Waals surface area (Å²) in [5, 5.41) is 12.4. The van der Waals surface area contributed by atoms with Gasteiger partial charge in [0.05, 0.1) is 27.7 Å². The fourth-order valence-electron chi connectivity index (χ4n) is 3.88. The minimum Gasteiger partial charge on any atom is -0.350 e. The zero-order valence-electron chi connectivity index (χ0n) is 19.0. The number of carbonyl (C=O) groups is 1. The average Bonchev–Trinajstić information content (AvgIpc) is 3.46. The van der Waals surface area contributed by atoms with Gasteiger partial charge in [0.1, 0.15) is 18.5 Å². The van der Waals surface area contributed by atoms with Crippen molar-refractivity contribution in [1.82, 2.24) is 29.6 Å². The van der Waals surface area contributed by atoms with Gasteiger partial charge in [0.2, 0.25) is 15.9 Å². The van der Waals surface area contributed by atoms with Crippen LogP contribution in [-0.2, 0) is 27.8 Å². The first kappa shape index (κ1) is 23.6. The van der Waals surface area contributed by atoms with Crippen LogP contribution in [0.25, 0.3) is 16.7 Å². The third-order valence-electron chi connectivity index (χ3n) is 5.60. The highest BCUT2D eigenvalue weighted by molar-refractivity contribution is 7.89. The first-order valence-corrected chi connectivity index (χ1v) is 12.6. The monoisotopic (exact) mass is 481 g/mol. The molecule has 1 atom stereocenters. The number of hydrogen-bond donors (Lipinski definition) is 2. The van der Waals surface area contributed by atoms with Crippen molar-refractivity contribution in [2.24, 2.45) is 5.14 Å². The van der Waals surface area contributed by atoms with Gasteiger partial charge in [-0.15, -0.1) is 0 Å². The van der Waals surface area contributed by atoms with Crippen LogP contribution in [0.1, 0.15) is 44.1 Å². The Labute approximate surface area is 197 Å². The molecule has 2 heterocycles. The molecule has 0 saturated heterocycles. The summed E-state index contributed by atoms with van der Waals surface area (Å²) in [5.41, 5.74) is 3.24. The number of aryl methyl sites for hydroxylation is 2. The quantitative estimate of drug-likeness (QED) is 0.377. The molecular weight excluding hydrogens is 454 g/mol. The average molecular weight is 482 g/mol. The second kappa shape index (κ2) is 9.74. The zero-order valence-corrected chi connectivity index (χ0v) is 19.9. The van der Waals surface area contributed by atoms with Crippen molar-refractivity contribution in [2.45, 2.75) is 50.6 Å². The largest absolute Gasteiger partial charge is 0.350 e. The summed E-state index contributed by atoms with van der Waals surface area (Å²) in [6.07, 6.45) is 4.68. The minimum absolute atomic E-state index is 0.0223. The molecule has 178 valence electrons. The van der Waals surface area contributed by atoms with Gasteiger partial charge in [0.25, 0.3) is 0 Å². The van der Waals surface area contributed by atoms with Crippen molar-refractivity contribution >= 4 is 27.0 Å². The van der Waals surface area contributed by atoms with E-state index in [4.69, 9.17) is 5.14 Å². The van der Waals surface area contributed by atoms with E-state index in [9.17, 15) is 13.2 Å². The van der Waals surface area contributed by atoms with Gasteiger partial charge < -0.3 is 9.88 Å². The number of benzene rings is 2. The molecule has 0 bridgehead atoms. The molecule has 0 spiro atoms. The number of aromatic nitrogens is 5. The number of primary sulfonamides is 1. The fourth-order valence-corrected chi connectivity index (χ4v) is 4.41. The highest BCUT2D eigenvalue weighted by Crippen LogP contribution is 2.22. The van der Waals surface area contributed by atoms with Crippen molar-refractivity contribution in [3.8, 4) is 5.69 Å². The molecule has 0 aliphatic heterocycles. The van der Waals surface area contributed by atoms with Gasteiger partial charge >= 0.3 is 0 Å². The lowest BCUT2D eigenvalue weighted by Crippen LogP contribution is -2.27. The van der Waals surface area contributed by atoms with E-state index in [1.807, 2.05) is 35.8 Å². The number of sulfonamides is 1. The molecule has 4 rings (SSSR count). The van der Waals surface area contributed by atoms with Crippen LogP contribution in [0, 0.1) is 0 Å². The third-order valence-corrected chi connectivity index (χ3v) is 6.52. The maximum atomic E-state index is 12.7. The highest BCUT2D eigenvalue weighted by Gasteiger charge is 2.16. The second-order valence-electron chi connectivity index (χ2n) is 8.10. The number of carbonyl (C=O) groups excluding carboxylic acids is 1. The summed E-state index contributed by atoms with van der Waals surface area (Å²) in [7, 11) is -3.81. The summed E-state index contributed by atoms with van der Waals surface area (Å²) < 4.78 is 27.1. The third kappa shape index (κ3) is 5.15. The van der Waals surface area contributed by atoms with Crippen molar-refractivity contribution in [3.05, 3.63) is 66.5 Å². The maximum Gasteiger partial charge on any atom is 0.238 e. The minimum atomic E-state index is -3.81. The van der Waals surface area contributed by atoms with Gasteiger partial charge in [-0.05, 0) is 49.2 Å². The molecule has 4 aromatic rings. The molecule has 2 aromatic carbocycles. The van der Waals surface area contributed by atoms with Gasteiger partial charge in [-0.1, -0.05) is 19.1 Å². The van der Waals surface area contributed by atoms with Gasteiger partial charge in [-0.3, -0.25) is 4.79 Å². The lowest BCUT2D eigenvalue weighted by atomic mass is 10.1. The van der Waals surface area contributed by atoms with Crippen LogP contribution in [0.2, 0.25) is 0 Å². The molecule has 0 aliphatic carbocycles. The van der Waals surface area contributed by atoms with Crippen LogP contribution in [0.15, 0.2) is 60.0 Å². The van der Waals surface area contributed by atoms with Crippen LogP contribution in [0.4, 0.5) is 0 Å². The molecule has 0 fully saturated rings. The van der Waals surface area contributed by atoms with E-state index in [0.29, 0.717) is 11.9 Å². The molecule has 11 heteroatoms. The van der Waals surface area contributed by atoms with Gasteiger partial charge in [0, 0.05) is 19.4 Å². The molecule has 1 amide bonds. The molecular formula is C23H27N7O3S. The Morgan fingerprint density at radius 3 is 2.59 bits per heavy atom. The van der Waals surface area contributed by atoms with Crippen LogP contribution in [0.3, 0.4) is 0 Å². The summed E-state index contributed by atoms with van der Waals surface area (Å²) in [6, 6.07) is 12.3. The normalized spacial score (nSPS) is 12.7. The number of hydrogen-bond acceptors (Lipinski definition) is 6. The number of nitrogens with two attached hydrogens (primary N) is 1. The summed E-state index contributed by atoms with van der Waals surface area (Å²) in [6.45, 7) is 4.71. The molecule has 3 N–H and O–H groups in total. The number of amides is 1. The van der Waals surface area contributed by atoms with Gasteiger partial charge in [-0.2, -0.15) is 5.10 Å². The molecule has 0 aliphatic rings. The van der Waals surface area contributed by atoms with Crippen molar-refractivity contribution in [1.29, 1.82) is 0 Å². The number of rotatable bonds is 9. The SMILES string of the molecule is CCCn1c(CCC(=O)N[C@H](C)c2ccc(-n3cncn3)cc2)nc2cc(S(N)(=O)=O)ccc21. The Morgan fingerprint density at radius 1 is 1.18 bits per heavy atom. The molecule has 2 aromatic heterocycles. The number of fused-ring (bicyclic) bond motifs is 1. The Kier molecular flexibility index (Phi) is 6.75. The lowest BCUT2D eigenvalue weighted by Gasteiger charge is -2.15. The highest BCUT2D eigenvalue weighted by atomic mass is 32.2.